The molecule has 4 rings (SSSR count). The summed E-state index contributed by atoms with van der Waals surface area (Å²) in [4.78, 5) is 18.0. The van der Waals surface area contributed by atoms with Crippen molar-refractivity contribution >= 4 is 33.5 Å². The number of methoxy groups -OCH3 is 4. The number of rotatable bonds is 13. The Morgan fingerprint density at radius 3 is 2.24 bits per heavy atom. The minimum atomic E-state index is -4.04. The van der Waals surface area contributed by atoms with Crippen LogP contribution < -0.4 is 19.5 Å². The number of nitrogens with one attached hydrogen (secondary N) is 1. The number of nitrogens with zero attached hydrogens (tertiary/aromatic N) is 3. The number of benzene rings is 3. The first-order chi connectivity index (χ1) is 20.2. The van der Waals surface area contributed by atoms with Gasteiger partial charge in [-0.3, -0.25) is 14.7 Å². The van der Waals surface area contributed by atoms with Crippen molar-refractivity contribution < 1.29 is 32.2 Å². The average molecular weight is 615 g/mol. The Balaban J connectivity index is 1.67. The maximum absolute atomic E-state index is 13.5. The summed E-state index contributed by atoms with van der Waals surface area (Å²) in [6.45, 7) is -0.436. The Bertz CT molecular complexity index is 1620. The molecule has 4 aromatic rings. The Morgan fingerprint density at radius 2 is 1.62 bits per heavy atom. The lowest BCUT2D eigenvalue weighted by atomic mass is 10.2. The summed E-state index contributed by atoms with van der Waals surface area (Å²) in [6.07, 6.45) is 1.75. The molecule has 0 atom stereocenters. The summed E-state index contributed by atoms with van der Waals surface area (Å²) in [6, 6.07) is 18.3. The first-order valence-electron chi connectivity index (χ1n) is 12.7. The first kappa shape index (κ1) is 30.8. The molecule has 0 bridgehead atoms. The fourth-order valence-electron chi connectivity index (χ4n) is 4.10. The lowest BCUT2D eigenvalue weighted by Crippen LogP contribution is -2.40. The third kappa shape index (κ3) is 7.02. The van der Waals surface area contributed by atoms with Gasteiger partial charge in [0.25, 0.3) is 0 Å². The van der Waals surface area contributed by atoms with E-state index < -0.39 is 22.5 Å². The number of hydrogen-bond acceptors (Lipinski definition) is 8. The number of ether oxygens (including phenoxy) is 4. The van der Waals surface area contributed by atoms with Crippen LogP contribution >= 0.6 is 11.6 Å². The highest BCUT2D eigenvalue weighted by molar-refractivity contribution is 7.89. The smallest absolute Gasteiger partial charge is 0.243 e. The summed E-state index contributed by atoms with van der Waals surface area (Å²) >= 11 is 6.07. The highest BCUT2D eigenvalue weighted by Crippen LogP contribution is 2.32. The monoisotopic (exact) mass is 614 g/mol. The highest BCUT2D eigenvalue weighted by atomic mass is 35.5. The van der Waals surface area contributed by atoms with E-state index in [2.05, 4.69) is 10.3 Å². The zero-order valence-corrected chi connectivity index (χ0v) is 25.1. The molecule has 0 saturated heterocycles. The Kier molecular flexibility index (Phi) is 10.1. The van der Waals surface area contributed by atoms with Gasteiger partial charge in [0.1, 0.15) is 5.75 Å². The minimum absolute atomic E-state index is 0.0176. The van der Waals surface area contributed by atoms with E-state index in [9.17, 15) is 13.2 Å². The second-order valence-corrected chi connectivity index (χ2v) is 11.3. The van der Waals surface area contributed by atoms with Gasteiger partial charge in [-0.2, -0.15) is 4.31 Å². The lowest BCUT2D eigenvalue weighted by Gasteiger charge is -2.21. The largest absolute Gasteiger partial charge is 0.497 e. The number of anilines is 1. The maximum Gasteiger partial charge on any atom is 0.243 e. The van der Waals surface area contributed by atoms with Crippen LogP contribution in [0.2, 0.25) is 5.02 Å². The van der Waals surface area contributed by atoms with E-state index in [4.69, 9.17) is 30.5 Å². The zero-order valence-electron chi connectivity index (χ0n) is 23.5. The van der Waals surface area contributed by atoms with Gasteiger partial charge in [-0.05, 0) is 48.5 Å². The van der Waals surface area contributed by atoms with Crippen molar-refractivity contribution in [3.8, 4) is 34.2 Å². The summed E-state index contributed by atoms with van der Waals surface area (Å²) in [5.74, 6) is 1.09. The molecule has 1 amide bonds. The van der Waals surface area contributed by atoms with Crippen LogP contribution in [-0.2, 0) is 19.6 Å². The van der Waals surface area contributed by atoms with Crippen molar-refractivity contribution in [1.29, 1.82) is 0 Å². The van der Waals surface area contributed by atoms with Gasteiger partial charge in [-0.15, -0.1) is 0 Å². The predicted octanol–water partition coefficient (Wildman–Crippen LogP) is 4.49. The van der Waals surface area contributed by atoms with Crippen molar-refractivity contribution in [3.05, 3.63) is 77.9 Å². The van der Waals surface area contributed by atoms with Gasteiger partial charge in [0.05, 0.1) is 50.8 Å². The number of amides is 1. The second kappa shape index (κ2) is 13.7. The second-order valence-electron chi connectivity index (χ2n) is 8.92. The standard InChI is InChI=1S/C29H31ClN4O7S/c1-38-16-15-33(42(36,37)24-12-10-23(39-2)11-13-24)19-28(35)32-29-31-25(20-5-7-21(30)8-6-20)18-34(29)22-9-14-26(40-3)27(17-22)41-4/h5-14,17-18H,15-16,19H2,1-4H3,(H,31,32,35). The molecular formula is C29H31ClN4O7S. The normalized spacial score (nSPS) is 11.4. The molecule has 0 radical (unpaired) electrons. The van der Waals surface area contributed by atoms with Gasteiger partial charge in [0, 0.05) is 36.5 Å². The van der Waals surface area contributed by atoms with E-state index >= 15 is 0 Å². The molecule has 0 spiro atoms. The Hall–Kier alpha value is -4.10. The molecule has 3 aromatic carbocycles. The molecule has 0 aliphatic carbocycles. The van der Waals surface area contributed by atoms with Crippen LogP contribution in [0.1, 0.15) is 0 Å². The van der Waals surface area contributed by atoms with E-state index in [0.717, 1.165) is 9.87 Å². The molecule has 0 unspecified atom stereocenters. The van der Waals surface area contributed by atoms with Crippen LogP contribution in [0.5, 0.6) is 17.2 Å². The number of hydrogen-bond donors (Lipinski definition) is 1. The maximum atomic E-state index is 13.5. The van der Waals surface area contributed by atoms with Crippen LogP contribution in [0.15, 0.2) is 77.8 Å². The average Bonchev–Trinajstić information content (AvgIpc) is 3.42. The van der Waals surface area contributed by atoms with E-state index in [1.807, 2.05) is 12.1 Å². The SMILES string of the molecule is COCCN(CC(=O)Nc1nc(-c2ccc(Cl)cc2)cn1-c1ccc(OC)c(OC)c1)S(=O)(=O)c1ccc(OC)cc1. The topological polar surface area (TPSA) is 121 Å². The number of carbonyl (C=O) groups excluding carboxylic acids is 1. The molecule has 42 heavy (non-hydrogen) atoms. The van der Waals surface area contributed by atoms with Crippen LogP contribution in [0, 0.1) is 0 Å². The third-order valence-corrected chi connectivity index (χ3v) is 8.42. The van der Waals surface area contributed by atoms with Crippen LogP contribution in [-0.4, -0.2) is 76.3 Å². The van der Waals surface area contributed by atoms with E-state index in [1.165, 1.54) is 40.6 Å². The molecule has 13 heteroatoms. The van der Waals surface area contributed by atoms with Gasteiger partial charge in [0.2, 0.25) is 21.9 Å². The van der Waals surface area contributed by atoms with Crippen molar-refractivity contribution in [2.75, 3.05) is 53.5 Å². The number of carbonyl (C=O) groups is 1. The van der Waals surface area contributed by atoms with Crippen molar-refractivity contribution in [1.82, 2.24) is 13.9 Å². The Morgan fingerprint density at radius 1 is 0.929 bits per heavy atom. The summed E-state index contributed by atoms with van der Waals surface area (Å²) in [5.41, 5.74) is 1.94. The van der Waals surface area contributed by atoms with Gasteiger partial charge in [0.15, 0.2) is 11.5 Å². The molecule has 1 aromatic heterocycles. The molecule has 222 valence electrons. The fraction of sp³-hybridized carbons (Fsp3) is 0.241. The third-order valence-electron chi connectivity index (χ3n) is 6.30. The van der Waals surface area contributed by atoms with Gasteiger partial charge >= 0.3 is 0 Å². The van der Waals surface area contributed by atoms with Crippen molar-refractivity contribution in [2.45, 2.75) is 4.90 Å². The summed E-state index contributed by atoms with van der Waals surface area (Å²) in [7, 11) is 1.96. The predicted molar refractivity (Wildman–Crippen MR) is 159 cm³/mol. The number of sulfonamides is 1. The van der Waals surface area contributed by atoms with Crippen molar-refractivity contribution in [3.63, 3.8) is 0 Å². The Labute approximate surface area is 249 Å². The highest BCUT2D eigenvalue weighted by Gasteiger charge is 2.27. The molecule has 11 nitrogen and oxygen atoms in total. The molecule has 1 N–H and O–H groups in total. The van der Waals surface area contributed by atoms with Gasteiger partial charge < -0.3 is 18.9 Å². The van der Waals surface area contributed by atoms with Gasteiger partial charge in [-0.25, -0.2) is 13.4 Å². The molecule has 0 aliphatic rings. The number of halogens is 1. The zero-order chi connectivity index (χ0) is 30.3. The van der Waals surface area contributed by atoms with E-state index in [1.54, 1.807) is 53.2 Å². The van der Waals surface area contributed by atoms with Crippen LogP contribution in [0.3, 0.4) is 0 Å². The summed E-state index contributed by atoms with van der Waals surface area (Å²) in [5, 5.41) is 3.34. The minimum Gasteiger partial charge on any atom is -0.497 e. The summed E-state index contributed by atoms with van der Waals surface area (Å²) < 4.78 is 50.7. The molecule has 0 saturated carbocycles. The lowest BCUT2D eigenvalue weighted by molar-refractivity contribution is -0.116. The van der Waals surface area contributed by atoms with Gasteiger partial charge in [-0.1, -0.05) is 23.7 Å². The first-order valence-corrected chi connectivity index (χ1v) is 14.5. The molecule has 0 aliphatic heterocycles. The number of aromatic nitrogens is 2. The molecular weight excluding hydrogens is 584 g/mol. The molecule has 0 fully saturated rings. The van der Waals surface area contributed by atoms with Crippen LogP contribution in [0.4, 0.5) is 5.95 Å². The van der Waals surface area contributed by atoms with Crippen molar-refractivity contribution in [2.24, 2.45) is 0 Å². The molecule has 1 heterocycles. The van der Waals surface area contributed by atoms with E-state index in [-0.39, 0.29) is 24.0 Å². The quantitative estimate of drug-likeness (QED) is 0.234. The number of imidazole rings is 1. The van der Waals surface area contributed by atoms with Crippen LogP contribution in [0.25, 0.3) is 16.9 Å². The van der Waals surface area contributed by atoms with E-state index in [0.29, 0.717) is 33.7 Å². The fourth-order valence-corrected chi connectivity index (χ4v) is 5.60.